The molecule has 0 aromatic heterocycles. The van der Waals surface area contributed by atoms with Gasteiger partial charge in [0.15, 0.2) is 16.1 Å². The fourth-order valence-corrected chi connectivity index (χ4v) is 2.11. The molecule has 0 saturated carbocycles. The summed E-state index contributed by atoms with van der Waals surface area (Å²) in [5, 5.41) is 4.44. The van der Waals surface area contributed by atoms with Crippen LogP contribution in [0.4, 0.5) is 5.69 Å². The number of ether oxygens (including phenoxy) is 2. The first kappa shape index (κ1) is 14.4. The maximum Gasteiger partial charge on any atom is 0.193 e. The van der Waals surface area contributed by atoms with Gasteiger partial charge in [0.2, 0.25) is 0 Å². The number of carbonyl (C=O) groups is 1. The normalized spacial score (nSPS) is 15.3. The second kappa shape index (κ2) is 6.42. The summed E-state index contributed by atoms with van der Waals surface area (Å²) >= 11 is 1.38. The van der Waals surface area contributed by atoms with E-state index in [1.165, 1.54) is 18.7 Å². The summed E-state index contributed by atoms with van der Waals surface area (Å²) in [7, 11) is 3.20. The number of thioether (sulfide) groups is 1. The van der Waals surface area contributed by atoms with E-state index < -0.39 is 0 Å². The maximum atomic E-state index is 10.8. The van der Waals surface area contributed by atoms with Crippen molar-refractivity contribution in [2.24, 2.45) is 9.98 Å². The SMILES string of the molecule is COc1ccc(OC)c(NC2=NC(=NCC(C)=O)S2)c1. The van der Waals surface area contributed by atoms with Crippen LogP contribution >= 0.6 is 11.8 Å². The van der Waals surface area contributed by atoms with Crippen molar-refractivity contribution in [1.29, 1.82) is 0 Å². The monoisotopic (exact) mass is 293 g/mol. The number of hydrogen-bond acceptors (Lipinski definition) is 6. The minimum absolute atomic E-state index is 0.0178. The summed E-state index contributed by atoms with van der Waals surface area (Å²) in [6.07, 6.45) is 0. The largest absolute Gasteiger partial charge is 0.497 e. The highest BCUT2D eigenvalue weighted by Gasteiger charge is 2.19. The molecule has 2 rings (SSSR count). The third-order valence-corrected chi connectivity index (χ3v) is 3.26. The first-order valence-electron chi connectivity index (χ1n) is 5.92. The molecular weight excluding hydrogens is 278 g/mol. The number of amidine groups is 2. The van der Waals surface area contributed by atoms with Crippen LogP contribution in [-0.2, 0) is 4.79 Å². The van der Waals surface area contributed by atoms with Crippen LogP contribution in [0.5, 0.6) is 11.5 Å². The topological polar surface area (TPSA) is 72.3 Å². The van der Waals surface area contributed by atoms with Gasteiger partial charge in [-0.25, -0.2) is 0 Å². The first-order valence-corrected chi connectivity index (χ1v) is 6.73. The van der Waals surface area contributed by atoms with E-state index in [0.717, 1.165) is 11.4 Å². The lowest BCUT2D eigenvalue weighted by molar-refractivity contribution is -0.115. The van der Waals surface area contributed by atoms with Crippen LogP contribution in [0.15, 0.2) is 28.2 Å². The van der Waals surface area contributed by atoms with E-state index in [9.17, 15) is 4.79 Å². The molecule has 0 aliphatic carbocycles. The summed E-state index contributed by atoms with van der Waals surface area (Å²) < 4.78 is 10.4. The minimum atomic E-state index is 0.0178. The van der Waals surface area contributed by atoms with Crippen molar-refractivity contribution in [1.82, 2.24) is 0 Å². The van der Waals surface area contributed by atoms with E-state index in [1.807, 2.05) is 18.2 Å². The van der Waals surface area contributed by atoms with Crippen molar-refractivity contribution in [3.05, 3.63) is 18.2 Å². The highest BCUT2D eigenvalue weighted by atomic mass is 32.2. The molecular formula is C13H15N3O3S. The number of benzene rings is 1. The minimum Gasteiger partial charge on any atom is -0.497 e. The molecule has 7 heteroatoms. The molecule has 6 nitrogen and oxygen atoms in total. The Labute approximate surface area is 121 Å². The van der Waals surface area contributed by atoms with Gasteiger partial charge in [-0.15, -0.1) is 0 Å². The number of anilines is 1. The van der Waals surface area contributed by atoms with Gasteiger partial charge in [0.25, 0.3) is 0 Å². The number of Topliss-reactive ketones (excluding diaryl/α,β-unsaturated/α-hetero) is 1. The van der Waals surface area contributed by atoms with Gasteiger partial charge in [-0.05, 0) is 30.8 Å². The van der Waals surface area contributed by atoms with E-state index in [0.29, 0.717) is 16.1 Å². The Bertz CT molecular complexity index is 584. The fraction of sp³-hybridized carbons (Fsp3) is 0.308. The van der Waals surface area contributed by atoms with Gasteiger partial charge in [-0.1, -0.05) is 0 Å². The first-order chi connectivity index (χ1) is 9.62. The van der Waals surface area contributed by atoms with E-state index >= 15 is 0 Å². The van der Waals surface area contributed by atoms with Crippen LogP contribution in [0.2, 0.25) is 0 Å². The van der Waals surface area contributed by atoms with E-state index in [2.05, 4.69) is 15.3 Å². The number of methoxy groups -OCH3 is 2. The van der Waals surface area contributed by atoms with Crippen LogP contribution < -0.4 is 14.8 Å². The molecule has 1 N–H and O–H groups in total. The molecule has 0 spiro atoms. The molecule has 20 heavy (non-hydrogen) atoms. The molecule has 0 bridgehead atoms. The van der Waals surface area contributed by atoms with Crippen molar-refractivity contribution in [3.63, 3.8) is 0 Å². The average Bonchev–Trinajstić information content (AvgIpc) is 2.40. The molecule has 0 amide bonds. The average molecular weight is 293 g/mol. The highest BCUT2D eigenvalue weighted by molar-refractivity contribution is 8.29. The zero-order valence-electron chi connectivity index (χ0n) is 11.5. The molecule has 0 fully saturated rings. The molecule has 0 saturated heterocycles. The van der Waals surface area contributed by atoms with Gasteiger partial charge in [-0.3, -0.25) is 9.79 Å². The van der Waals surface area contributed by atoms with Gasteiger partial charge in [0.05, 0.1) is 19.9 Å². The van der Waals surface area contributed by atoms with Crippen LogP contribution in [0.1, 0.15) is 6.92 Å². The fourth-order valence-electron chi connectivity index (χ4n) is 1.51. The predicted octanol–water partition coefficient (Wildman–Crippen LogP) is 2.16. The van der Waals surface area contributed by atoms with Gasteiger partial charge in [0, 0.05) is 6.07 Å². The van der Waals surface area contributed by atoms with Crippen LogP contribution in [0.25, 0.3) is 0 Å². The smallest absolute Gasteiger partial charge is 0.193 e. The number of nitrogens with zero attached hydrogens (tertiary/aromatic N) is 2. The molecule has 1 aromatic rings. The van der Waals surface area contributed by atoms with Gasteiger partial charge in [-0.2, -0.15) is 4.99 Å². The number of aliphatic imine (C=N–C) groups is 2. The van der Waals surface area contributed by atoms with Gasteiger partial charge in [0.1, 0.15) is 18.0 Å². The van der Waals surface area contributed by atoms with Crippen molar-refractivity contribution >= 4 is 33.6 Å². The Morgan fingerprint density at radius 3 is 2.75 bits per heavy atom. The second-order valence-electron chi connectivity index (χ2n) is 4.01. The number of carbonyl (C=O) groups excluding carboxylic acids is 1. The Balaban J connectivity index is 2.06. The lowest BCUT2D eigenvalue weighted by Crippen LogP contribution is -2.20. The zero-order valence-corrected chi connectivity index (χ0v) is 12.3. The Hall–Kier alpha value is -2.02. The Kier molecular flexibility index (Phi) is 4.62. The molecule has 0 radical (unpaired) electrons. The molecule has 1 aliphatic heterocycles. The van der Waals surface area contributed by atoms with Crippen molar-refractivity contribution < 1.29 is 14.3 Å². The van der Waals surface area contributed by atoms with Crippen molar-refractivity contribution in [3.8, 4) is 11.5 Å². The number of ketones is 1. The molecule has 1 heterocycles. The zero-order chi connectivity index (χ0) is 14.5. The summed E-state index contributed by atoms with van der Waals surface area (Å²) in [6.45, 7) is 1.67. The maximum absolute atomic E-state index is 10.8. The van der Waals surface area contributed by atoms with Crippen molar-refractivity contribution in [2.75, 3.05) is 26.1 Å². The molecule has 106 valence electrons. The van der Waals surface area contributed by atoms with Crippen molar-refractivity contribution in [2.45, 2.75) is 6.92 Å². The lowest BCUT2D eigenvalue weighted by atomic mass is 10.3. The lowest BCUT2D eigenvalue weighted by Gasteiger charge is -2.18. The third kappa shape index (κ3) is 3.51. The van der Waals surface area contributed by atoms with E-state index in [1.54, 1.807) is 14.2 Å². The third-order valence-electron chi connectivity index (χ3n) is 2.47. The number of rotatable bonds is 5. The quantitative estimate of drug-likeness (QED) is 0.900. The molecule has 0 atom stereocenters. The van der Waals surface area contributed by atoms with E-state index in [-0.39, 0.29) is 12.3 Å². The predicted molar refractivity (Wildman–Crippen MR) is 81.2 cm³/mol. The summed E-state index contributed by atoms with van der Waals surface area (Å²) in [4.78, 5) is 19.0. The van der Waals surface area contributed by atoms with E-state index in [4.69, 9.17) is 9.47 Å². The summed E-state index contributed by atoms with van der Waals surface area (Å²) in [6, 6.07) is 5.46. The Morgan fingerprint density at radius 2 is 2.15 bits per heavy atom. The molecule has 1 aromatic carbocycles. The summed E-state index contributed by atoms with van der Waals surface area (Å²) in [5.41, 5.74) is 0.767. The van der Waals surface area contributed by atoms with Crippen LogP contribution in [-0.4, -0.2) is 36.9 Å². The van der Waals surface area contributed by atoms with Crippen LogP contribution in [0.3, 0.4) is 0 Å². The standard InChI is InChI=1S/C13H15N3O3S/c1-8(17)7-14-12-16-13(20-12)15-10-6-9(18-2)4-5-11(10)19-3/h4-6H,7H2,1-3H3,(H,14,15,16). The van der Waals surface area contributed by atoms with Gasteiger partial charge >= 0.3 is 0 Å². The Morgan fingerprint density at radius 1 is 1.40 bits per heavy atom. The number of nitrogens with one attached hydrogen (secondary N) is 1. The number of hydrogen-bond donors (Lipinski definition) is 1. The molecule has 1 aliphatic rings. The summed E-state index contributed by atoms with van der Waals surface area (Å²) in [5.74, 6) is 1.44. The molecule has 0 unspecified atom stereocenters. The van der Waals surface area contributed by atoms with Gasteiger partial charge < -0.3 is 14.8 Å². The van der Waals surface area contributed by atoms with Crippen LogP contribution in [0, 0.1) is 0 Å². The second-order valence-corrected chi connectivity index (χ2v) is 4.97. The highest BCUT2D eigenvalue weighted by Crippen LogP contribution is 2.31.